The van der Waals surface area contributed by atoms with Gasteiger partial charge in [-0.05, 0) is 48.6 Å². The van der Waals surface area contributed by atoms with Gasteiger partial charge in [0.2, 0.25) is 0 Å². The molecule has 0 spiro atoms. The second kappa shape index (κ2) is 8.28. The van der Waals surface area contributed by atoms with Gasteiger partial charge in [0.1, 0.15) is 11.5 Å². The summed E-state index contributed by atoms with van der Waals surface area (Å²) in [5, 5.41) is 1.62. The molecule has 0 atom stereocenters. The Hall–Kier alpha value is -2.22. The molecule has 5 rings (SSSR count). The van der Waals surface area contributed by atoms with Crippen molar-refractivity contribution in [3.63, 3.8) is 0 Å². The molecule has 0 aliphatic heterocycles. The first-order valence-electron chi connectivity index (χ1n) is 9.42. The maximum absolute atomic E-state index is 14.7. The van der Waals surface area contributed by atoms with E-state index in [4.69, 9.17) is 47.0 Å². The number of fused-ring (bicyclic) bond motifs is 3. The minimum Gasteiger partial charge on any atom is -0.288 e. The summed E-state index contributed by atoms with van der Waals surface area (Å²) in [5.74, 6) is -0.490. The molecule has 0 aliphatic rings. The molecule has 0 saturated heterocycles. The van der Waals surface area contributed by atoms with Crippen molar-refractivity contribution in [2.75, 3.05) is 0 Å². The van der Waals surface area contributed by atoms with E-state index < -0.39 is 5.82 Å². The SMILES string of the molecule is O=c1c2ccccc2n2c(=S)sc(-c3ccc(Cl)cc3Cl)c2n1Cc1c(F)cccc1Cl. The summed E-state index contributed by atoms with van der Waals surface area (Å²) in [6, 6.07) is 16.8. The van der Waals surface area contributed by atoms with Crippen LogP contribution < -0.4 is 5.56 Å². The van der Waals surface area contributed by atoms with E-state index >= 15 is 0 Å². The molecular formula is C23H12Cl3FN2OS2. The Labute approximate surface area is 205 Å². The highest BCUT2D eigenvalue weighted by atomic mass is 35.5. The Kier molecular flexibility index (Phi) is 5.60. The summed E-state index contributed by atoms with van der Waals surface area (Å²) in [6.45, 7) is -0.0671. The third kappa shape index (κ3) is 3.47. The molecule has 0 radical (unpaired) electrons. The van der Waals surface area contributed by atoms with Crippen LogP contribution in [-0.2, 0) is 6.54 Å². The molecule has 0 bridgehead atoms. The van der Waals surface area contributed by atoms with Crippen molar-refractivity contribution in [1.29, 1.82) is 0 Å². The third-order valence-corrected chi connectivity index (χ3v) is 7.51. The van der Waals surface area contributed by atoms with Crippen LogP contribution in [0.3, 0.4) is 0 Å². The average molecular weight is 522 g/mol. The largest absolute Gasteiger partial charge is 0.288 e. The normalized spacial score (nSPS) is 11.5. The summed E-state index contributed by atoms with van der Waals surface area (Å²) >= 11 is 25.9. The fraction of sp³-hybridized carbons (Fsp3) is 0.0435. The van der Waals surface area contributed by atoms with Gasteiger partial charge in [0.05, 0.1) is 27.3 Å². The van der Waals surface area contributed by atoms with Gasteiger partial charge >= 0.3 is 0 Å². The molecule has 160 valence electrons. The highest BCUT2D eigenvalue weighted by Crippen LogP contribution is 2.38. The van der Waals surface area contributed by atoms with Crippen LogP contribution in [0.2, 0.25) is 15.1 Å². The minimum atomic E-state index is -0.490. The van der Waals surface area contributed by atoms with Gasteiger partial charge in [0, 0.05) is 21.2 Å². The van der Waals surface area contributed by atoms with Crippen molar-refractivity contribution < 1.29 is 4.39 Å². The number of halogens is 4. The Bertz CT molecular complexity index is 1640. The van der Waals surface area contributed by atoms with Crippen LogP contribution in [0.25, 0.3) is 27.0 Å². The topological polar surface area (TPSA) is 26.4 Å². The van der Waals surface area contributed by atoms with Gasteiger partial charge in [-0.25, -0.2) is 4.39 Å². The third-order valence-electron chi connectivity index (χ3n) is 5.22. The van der Waals surface area contributed by atoms with Crippen LogP contribution >= 0.6 is 58.4 Å². The molecule has 0 fully saturated rings. The Morgan fingerprint density at radius 2 is 1.75 bits per heavy atom. The van der Waals surface area contributed by atoms with Crippen LogP contribution in [0.4, 0.5) is 4.39 Å². The quantitative estimate of drug-likeness (QED) is 0.226. The molecular weight excluding hydrogens is 510 g/mol. The van der Waals surface area contributed by atoms with E-state index in [1.165, 1.54) is 28.0 Å². The fourth-order valence-corrected chi connectivity index (χ4v) is 6.00. The zero-order valence-corrected chi connectivity index (χ0v) is 20.0. The monoisotopic (exact) mass is 520 g/mol. The summed E-state index contributed by atoms with van der Waals surface area (Å²) in [6.07, 6.45) is 0. The average Bonchev–Trinajstić information content (AvgIpc) is 3.10. The highest BCUT2D eigenvalue weighted by Gasteiger charge is 2.21. The van der Waals surface area contributed by atoms with Crippen molar-refractivity contribution in [3.05, 3.63) is 101 Å². The molecule has 0 aliphatic carbocycles. The minimum absolute atomic E-state index is 0.0671. The van der Waals surface area contributed by atoms with Gasteiger partial charge in [0.15, 0.2) is 3.95 Å². The lowest BCUT2D eigenvalue weighted by Gasteiger charge is -2.15. The summed E-state index contributed by atoms with van der Waals surface area (Å²) in [4.78, 5) is 14.3. The lowest BCUT2D eigenvalue weighted by molar-refractivity contribution is 0.599. The second-order valence-electron chi connectivity index (χ2n) is 7.09. The van der Waals surface area contributed by atoms with Gasteiger partial charge in [-0.1, -0.05) is 59.1 Å². The van der Waals surface area contributed by atoms with Gasteiger partial charge in [-0.3, -0.25) is 13.8 Å². The van der Waals surface area contributed by atoms with E-state index in [0.29, 0.717) is 41.0 Å². The van der Waals surface area contributed by atoms with Gasteiger partial charge in [-0.2, -0.15) is 0 Å². The number of benzene rings is 3. The van der Waals surface area contributed by atoms with E-state index in [-0.39, 0.29) is 22.7 Å². The molecule has 3 nitrogen and oxygen atoms in total. The highest BCUT2D eigenvalue weighted by molar-refractivity contribution is 7.73. The molecule has 9 heteroatoms. The summed E-state index contributed by atoms with van der Waals surface area (Å²) in [5.41, 5.74) is 1.81. The van der Waals surface area contributed by atoms with Gasteiger partial charge in [-0.15, -0.1) is 11.3 Å². The van der Waals surface area contributed by atoms with Crippen molar-refractivity contribution in [3.8, 4) is 10.4 Å². The predicted molar refractivity (Wildman–Crippen MR) is 134 cm³/mol. The second-order valence-corrected chi connectivity index (χ2v) is 9.98. The number of thiazole rings is 1. The molecule has 0 N–H and O–H groups in total. The maximum Gasteiger partial charge on any atom is 0.261 e. The van der Waals surface area contributed by atoms with Crippen LogP contribution in [0, 0.1) is 9.77 Å². The molecule has 2 heterocycles. The number of rotatable bonds is 3. The van der Waals surface area contributed by atoms with Crippen LogP contribution in [0.5, 0.6) is 0 Å². The summed E-state index contributed by atoms with van der Waals surface area (Å²) in [7, 11) is 0. The van der Waals surface area contributed by atoms with E-state index in [1.807, 2.05) is 16.5 Å². The first-order chi connectivity index (χ1) is 15.4. The lowest BCUT2D eigenvalue weighted by atomic mass is 10.1. The van der Waals surface area contributed by atoms with Crippen LogP contribution in [0.1, 0.15) is 5.56 Å². The Morgan fingerprint density at radius 3 is 2.50 bits per heavy atom. The molecule has 3 aromatic carbocycles. The van der Waals surface area contributed by atoms with Gasteiger partial charge in [0.25, 0.3) is 5.56 Å². The van der Waals surface area contributed by atoms with E-state index in [0.717, 1.165) is 0 Å². The van der Waals surface area contributed by atoms with Crippen molar-refractivity contribution in [1.82, 2.24) is 8.97 Å². The summed E-state index contributed by atoms with van der Waals surface area (Å²) < 4.78 is 18.5. The molecule has 0 saturated carbocycles. The zero-order chi connectivity index (χ0) is 22.6. The predicted octanol–water partition coefficient (Wildman–Crippen LogP) is 7.86. The number of para-hydroxylation sites is 1. The molecule has 0 unspecified atom stereocenters. The van der Waals surface area contributed by atoms with Crippen LogP contribution in [-0.4, -0.2) is 8.97 Å². The number of aromatic nitrogens is 2. The first kappa shape index (κ1) is 21.6. The van der Waals surface area contributed by atoms with E-state index in [2.05, 4.69) is 0 Å². The Balaban J connectivity index is 1.94. The number of hydrogen-bond donors (Lipinski definition) is 0. The fourth-order valence-electron chi connectivity index (χ4n) is 3.75. The zero-order valence-electron chi connectivity index (χ0n) is 16.1. The first-order valence-corrected chi connectivity index (χ1v) is 11.8. The molecule has 0 amide bonds. The number of nitrogens with zero attached hydrogens (tertiary/aromatic N) is 2. The standard InChI is InChI=1S/C23H12Cl3FN2OS2/c24-12-8-9-13(17(26)10-12)20-21-28(11-15-16(25)5-3-6-18(15)27)22(30)14-4-1-2-7-19(14)29(21)23(31)32-20/h1-10H,11H2. The van der Waals surface area contributed by atoms with E-state index in [9.17, 15) is 9.18 Å². The molecule has 5 aromatic rings. The van der Waals surface area contributed by atoms with Crippen molar-refractivity contribution in [2.24, 2.45) is 0 Å². The van der Waals surface area contributed by atoms with Crippen molar-refractivity contribution in [2.45, 2.75) is 6.54 Å². The smallest absolute Gasteiger partial charge is 0.261 e. The molecule has 32 heavy (non-hydrogen) atoms. The van der Waals surface area contributed by atoms with Gasteiger partial charge < -0.3 is 0 Å². The van der Waals surface area contributed by atoms with Crippen LogP contribution in [0.15, 0.2) is 65.5 Å². The Morgan fingerprint density at radius 1 is 0.969 bits per heavy atom. The molecule has 2 aromatic heterocycles. The lowest BCUT2D eigenvalue weighted by Crippen LogP contribution is -2.24. The van der Waals surface area contributed by atoms with E-state index in [1.54, 1.807) is 36.4 Å². The maximum atomic E-state index is 14.7. The van der Waals surface area contributed by atoms with Crippen molar-refractivity contribution >= 4 is 74.9 Å². The number of hydrogen-bond acceptors (Lipinski definition) is 3.